The van der Waals surface area contributed by atoms with Crippen LogP contribution in [-0.4, -0.2) is 16.5 Å². The fraction of sp³-hybridized carbons (Fsp3) is 0.375. The molecule has 1 heterocycles. The van der Waals surface area contributed by atoms with Crippen LogP contribution < -0.4 is 5.32 Å². The van der Waals surface area contributed by atoms with Gasteiger partial charge in [0.2, 0.25) is 0 Å². The van der Waals surface area contributed by atoms with E-state index in [0.29, 0.717) is 0 Å². The Balaban J connectivity index is 2.31. The first kappa shape index (κ1) is 15.1. The molecule has 0 bridgehead atoms. The van der Waals surface area contributed by atoms with Crippen LogP contribution in [0.2, 0.25) is 0 Å². The van der Waals surface area contributed by atoms with Crippen LogP contribution in [0.1, 0.15) is 30.3 Å². The number of rotatable bonds is 5. The molecule has 0 aliphatic rings. The molecule has 1 N–H and O–H groups in total. The zero-order valence-electron chi connectivity index (χ0n) is 12.2. The van der Waals surface area contributed by atoms with Crippen molar-refractivity contribution in [3.8, 4) is 11.4 Å². The summed E-state index contributed by atoms with van der Waals surface area (Å²) in [7, 11) is 0. The van der Waals surface area contributed by atoms with Gasteiger partial charge in [-0.25, -0.2) is 9.97 Å². The quantitative estimate of drug-likeness (QED) is 0.839. The molecule has 1 aromatic heterocycles. The van der Waals surface area contributed by atoms with Gasteiger partial charge in [-0.15, -0.1) is 0 Å². The number of halogens is 1. The van der Waals surface area contributed by atoms with Gasteiger partial charge < -0.3 is 5.32 Å². The first-order valence-electron chi connectivity index (χ1n) is 6.92. The van der Waals surface area contributed by atoms with Crippen LogP contribution in [0.4, 0.5) is 0 Å². The Bertz CT molecular complexity index is 596. The highest BCUT2D eigenvalue weighted by molar-refractivity contribution is 9.10. The second kappa shape index (κ2) is 6.95. The number of nitrogens with zero attached hydrogens (tertiary/aromatic N) is 2. The number of nitrogens with one attached hydrogen (secondary N) is 1. The predicted molar refractivity (Wildman–Crippen MR) is 86.6 cm³/mol. The van der Waals surface area contributed by atoms with Crippen LogP contribution >= 0.6 is 15.9 Å². The number of benzene rings is 1. The summed E-state index contributed by atoms with van der Waals surface area (Å²) in [5, 5.41) is 3.38. The van der Waals surface area contributed by atoms with E-state index in [0.717, 1.165) is 46.8 Å². The molecule has 2 rings (SSSR count). The Morgan fingerprint density at radius 1 is 1.15 bits per heavy atom. The van der Waals surface area contributed by atoms with Crippen LogP contribution in [0.5, 0.6) is 0 Å². The summed E-state index contributed by atoms with van der Waals surface area (Å²) in [6, 6.07) is 8.28. The Labute approximate surface area is 129 Å². The second-order valence-corrected chi connectivity index (χ2v) is 5.84. The summed E-state index contributed by atoms with van der Waals surface area (Å²) in [6.45, 7) is 8.04. The van der Waals surface area contributed by atoms with Crippen molar-refractivity contribution in [3.05, 3.63) is 45.7 Å². The summed E-state index contributed by atoms with van der Waals surface area (Å²) in [5.41, 5.74) is 4.29. The first-order chi connectivity index (χ1) is 9.60. The number of hydrogen-bond donors (Lipinski definition) is 1. The van der Waals surface area contributed by atoms with E-state index in [1.807, 2.05) is 13.0 Å². The predicted octanol–water partition coefficient (Wildman–Crippen LogP) is 4.02. The molecule has 2 aromatic rings. The molecular weight excluding hydrogens is 314 g/mol. The molecule has 0 aliphatic heterocycles. The third-order valence-electron chi connectivity index (χ3n) is 3.01. The summed E-state index contributed by atoms with van der Waals surface area (Å²) in [4.78, 5) is 9.22. The van der Waals surface area contributed by atoms with Crippen molar-refractivity contribution >= 4 is 15.9 Å². The second-order valence-electron chi connectivity index (χ2n) is 4.98. The highest BCUT2D eigenvalue weighted by Crippen LogP contribution is 2.26. The third kappa shape index (κ3) is 3.87. The van der Waals surface area contributed by atoms with Crippen LogP contribution in [-0.2, 0) is 6.54 Å². The lowest BCUT2D eigenvalue weighted by Gasteiger charge is -2.09. The summed E-state index contributed by atoms with van der Waals surface area (Å²) >= 11 is 3.60. The number of aryl methyl sites for hydroxylation is 2. The summed E-state index contributed by atoms with van der Waals surface area (Å²) in [6.07, 6.45) is 1.13. The van der Waals surface area contributed by atoms with Crippen molar-refractivity contribution < 1.29 is 0 Å². The topological polar surface area (TPSA) is 37.8 Å². The van der Waals surface area contributed by atoms with E-state index in [2.05, 4.69) is 63.3 Å². The average molecular weight is 334 g/mol. The molecule has 3 nitrogen and oxygen atoms in total. The minimum atomic E-state index is 0.783. The van der Waals surface area contributed by atoms with Gasteiger partial charge in [-0.1, -0.05) is 28.9 Å². The molecule has 0 radical (unpaired) electrons. The van der Waals surface area contributed by atoms with Crippen molar-refractivity contribution in [2.45, 2.75) is 33.7 Å². The largest absolute Gasteiger partial charge is 0.311 e. The van der Waals surface area contributed by atoms with Gasteiger partial charge in [0.05, 0.1) is 5.69 Å². The van der Waals surface area contributed by atoms with Crippen LogP contribution in [0.15, 0.2) is 28.7 Å². The lowest BCUT2D eigenvalue weighted by atomic mass is 10.1. The van der Waals surface area contributed by atoms with Gasteiger partial charge in [0.25, 0.3) is 0 Å². The maximum atomic E-state index is 4.66. The molecule has 0 fully saturated rings. The Hall–Kier alpha value is -1.26. The van der Waals surface area contributed by atoms with Crippen molar-refractivity contribution in [2.75, 3.05) is 6.54 Å². The molecule has 106 valence electrons. The van der Waals surface area contributed by atoms with E-state index in [9.17, 15) is 0 Å². The molecule has 0 saturated heterocycles. The number of hydrogen-bond acceptors (Lipinski definition) is 3. The molecule has 1 aromatic carbocycles. The van der Waals surface area contributed by atoms with E-state index >= 15 is 0 Å². The minimum absolute atomic E-state index is 0.783. The lowest BCUT2D eigenvalue weighted by molar-refractivity contribution is 0.662. The van der Waals surface area contributed by atoms with Crippen LogP contribution in [0.3, 0.4) is 0 Å². The van der Waals surface area contributed by atoms with Crippen molar-refractivity contribution in [2.24, 2.45) is 0 Å². The molecule has 0 atom stereocenters. The molecule has 0 amide bonds. The Morgan fingerprint density at radius 3 is 2.65 bits per heavy atom. The first-order valence-corrected chi connectivity index (χ1v) is 7.71. The van der Waals surface area contributed by atoms with E-state index in [4.69, 9.17) is 0 Å². The zero-order chi connectivity index (χ0) is 14.5. The molecule has 0 unspecified atom stereocenters. The van der Waals surface area contributed by atoms with Crippen LogP contribution in [0, 0.1) is 13.8 Å². The van der Waals surface area contributed by atoms with Gasteiger partial charge in [-0.05, 0) is 50.6 Å². The van der Waals surface area contributed by atoms with Gasteiger partial charge in [0.15, 0.2) is 5.82 Å². The monoisotopic (exact) mass is 333 g/mol. The summed E-state index contributed by atoms with van der Waals surface area (Å²) < 4.78 is 1.04. The maximum absolute atomic E-state index is 4.66. The fourth-order valence-corrected chi connectivity index (χ4v) is 2.71. The average Bonchev–Trinajstić information content (AvgIpc) is 2.38. The lowest BCUT2D eigenvalue weighted by Crippen LogP contribution is -2.15. The van der Waals surface area contributed by atoms with Crippen molar-refractivity contribution in [1.82, 2.24) is 15.3 Å². The zero-order valence-corrected chi connectivity index (χ0v) is 13.8. The molecule has 0 saturated carbocycles. The smallest absolute Gasteiger partial charge is 0.160 e. The van der Waals surface area contributed by atoms with Gasteiger partial charge >= 0.3 is 0 Å². The van der Waals surface area contributed by atoms with Gasteiger partial charge in [-0.2, -0.15) is 0 Å². The maximum Gasteiger partial charge on any atom is 0.160 e. The normalized spacial score (nSPS) is 10.8. The van der Waals surface area contributed by atoms with Crippen LogP contribution in [0.25, 0.3) is 11.4 Å². The SMILES string of the molecule is CCCNCc1cc(C)nc(-c2ccc(C)cc2Br)n1. The standard InChI is InChI=1S/C16H20BrN3/c1-4-7-18-10-13-9-12(3)19-16(20-13)14-6-5-11(2)8-15(14)17/h5-6,8-9,18H,4,7,10H2,1-3H3. The third-order valence-corrected chi connectivity index (χ3v) is 3.66. The summed E-state index contributed by atoms with van der Waals surface area (Å²) in [5.74, 6) is 0.783. The number of aromatic nitrogens is 2. The highest BCUT2D eigenvalue weighted by atomic mass is 79.9. The molecule has 4 heteroatoms. The van der Waals surface area contributed by atoms with Crippen molar-refractivity contribution in [1.29, 1.82) is 0 Å². The Morgan fingerprint density at radius 2 is 1.95 bits per heavy atom. The fourth-order valence-electron chi connectivity index (χ4n) is 2.04. The van der Waals surface area contributed by atoms with E-state index in [1.54, 1.807) is 0 Å². The molecule has 0 spiro atoms. The van der Waals surface area contributed by atoms with Gasteiger partial charge in [0, 0.05) is 22.3 Å². The van der Waals surface area contributed by atoms with Gasteiger partial charge in [0.1, 0.15) is 0 Å². The molecular formula is C16H20BrN3. The van der Waals surface area contributed by atoms with E-state index < -0.39 is 0 Å². The van der Waals surface area contributed by atoms with E-state index in [-0.39, 0.29) is 0 Å². The Kier molecular flexibility index (Phi) is 5.26. The van der Waals surface area contributed by atoms with Crippen molar-refractivity contribution in [3.63, 3.8) is 0 Å². The molecule has 20 heavy (non-hydrogen) atoms. The minimum Gasteiger partial charge on any atom is -0.311 e. The highest BCUT2D eigenvalue weighted by Gasteiger charge is 2.08. The van der Waals surface area contributed by atoms with Gasteiger partial charge in [-0.3, -0.25) is 0 Å². The molecule has 0 aliphatic carbocycles. The van der Waals surface area contributed by atoms with E-state index in [1.165, 1.54) is 5.56 Å².